The van der Waals surface area contributed by atoms with E-state index in [1.165, 1.54) is 35.2 Å². The molecule has 7 heteroatoms. The average Bonchev–Trinajstić information content (AvgIpc) is 3.16. The van der Waals surface area contributed by atoms with Crippen LogP contribution in [-0.4, -0.2) is 21.9 Å². The van der Waals surface area contributed by atoms with Crippen molar-refractivity contribution in [3.05, 3.63) is 82.2 Å². The van der Waals surface area contributed by atoms with E-state index in [9.17, 15) is 9.18 Å². The summed E-state index contributed by atoms with van der Waals surface area (Å²) < 4.78 is 20.9. The maximum atomic E-state index is 13.0. The highest BCUT2D eigenvalue weighted by Gasteiger charge is 2.14. The Morgan fingerprint density at radius 2 is 1.85 bits per heavy atom. The number of benzene rings is 2. The van der Waals surface area contributed by atoms with Gasteiger partial charge in [0.25, 0.3) is 5.56 Å². The van der Waals surface area contributed by atoms with E-state index in [2.05, 4.69) is 4.98 Å². The van der Waals surface area contributed by atoms with E-state index in [1.54, 1.807) is 16.7 Å². The Bertz CT molecular complexity index is 1110. The van der Waals surface area contributed by atoms with Gasteiger partial charge in [0.2, 0.25) is 0 Å². The van der Waals surface area contributed by atoms with Crippen LogP contribution in [0.4, 0.5) is 4.39 Å². The molecule has 0 saturated heterocycles. The van der Waals surface area contributed by atoms with Crippen LogP contribution in [0.1, 0.15) is 0 Å². The number of aromatic nitrogens is 2. The van der Waals surface area contributed by atoms with E-state index < -0.39 is 0 Å². The number of fused-ring (bicyclic) bond motifs is 1. The quantitative estimate of drug-likeness (QED) is 0.267. The molecule has 2 aromatic carbocycles. The van der Waals surface area contributed by atoms with Crippen LogP contribution < -0.4 is 10.3 Å². The number of hydrogen-bond acceptors (Lipinski definition) is 5. The molecule has 4 aromatic rings. The van der Waals surface area contributed by atoms with Crippen molar-refractivity contribution >= 4 is 33.3 Å². The number of rotatable bonds is 6. The topological polar surface area (TPSA) is 44.1 Å². The number of para-hydroxylation sites is 1. The smallest absolute Gasteiger partial charge is 0.276 e. The lowest BCUT2D eigenvalue weighted by atomic mass is 10.3. The van der Waals surface area contributed by atoms with Crippen LogP contribution in [0.5, 0.6) is 5.75 Å². The molecule has 4 nitrogen and oxygen atoms in total. The van der Waals surface area contributed by atoms with Gasteiger partial charge in [-0.15, -0.1) is 11.3 Å². The summed E-state index contributed by atoms with van der Waals surface area (Å²) in [5, 5.41) is 2.50. The third-order valence-corrected chi connectivity index (χ3v) is 5.65. The Labute approximate surface area is 163 Å². The number of nitrogens with zero attached hydrogens (tertiary/aromatic N) is 2. The van der Waals surface area contributed by atoms with Gasteiger partial charge in [-0.1, -0.05) is 30.0 Å². The minimum atomic E-state index is -0.295. The summed E-state index contributed by atoms with van der Waals surface area (Å²) in [4.78, 5) is 17.6. The molecule has 2 heterocycles. The van der Waals surface area contributed by atoms with Gasteiger partial charge in [0.05, 0.1) is 17.8 Å². The van der Waals surface area contributed by atoms with Gasteiger partial charge in [0.15, 0.2) is 5.16 Å². The number of ether oxygens (including phenoxy) is 1. The van der Waals surface area contributed by atoms with Crippen molar-refractivity contribution in [2.45, 2.75) is 5.16 Å². The van der Waals surface area contributed by atoms with Gasteiger partial charge in [-0.25, -0.2) is 9.37 Å². The lowest BCUT2D eigenvalue weighted by Gasteiger charge is -2.12. The van der Waals surface area contributed by atoms with Crippen molar-refractivity contribution in [1.29, 1.82) is 0 Å². The van der Waals surface area contributed by atoms with Crippen molar-refractivity contribution in [3.63, 3.8) is 0 Å². The molecule has 2 aromatic heterocycles. The molecule has 4 rings (SSSR count). The van der Waals surface area contributed by atoms with Gasteiger partial charge in [-0.2, -0.15) is 0 Å². The van der Waals surface area contributed by atoms with Crippen molar-refractivity contribution in [3.8, 4) is 11.4 Å². The Hall–Kier alpha value is -2.64. The van der Waals surface area contributed by atoms with Crippen molar-refractivity contribution in [1.82, 2.24) is 9.55 Å². The Balaban J connectivity index is 1.57. The van der Waals surface area contributed by atoms with Crippen molar-refractivity contribution in [2.24, 2.45) is 0 Å². The van der Waals surface area contributed by atoms with Crippen LogP contribution in [0.3, 0.4) is 0 Å². The molecule has 0 spiro atoms. The van der Waals surface area contributed by atoms with Gasteiger partial charge in [-0.05, 0) is 47.8 Å². The summed E-state index contributed by atoms with van der Waals surface area (Å²) >= 11 is 2.85. The highest BCUT2D eigenvalue weighted by atomic mass is 32.2. The molecule has 27 heavy (non-hydrogen) atoms. The molecular weight excluding hydrogens is 383 g/mol. The highest BCUT2D eigenvalue weighted by molar-refractivity contribution is 7.99. The molecule has 0 atom stereocenters. The summed E-state index contributed by atoms with van der Waals surface area (Å²) in [6, 6.07) is 17.3. The van der Waals surface area contributed by atoms with E-state index in [0.29, 0.717) is 33.5 Å². The fraction of sp³-hybridized carbons (Fsp3) is 0.100. The van der Waals surface area contributed by atoms with Crippen LogP contribution in [0.25, 0.3) is 15.9 Å². The van der Waals surface area contributed by atoms with E-state index in [1.807, 2.05) is 41.8 Å². The monoisotopic (exact) mass is 398 g/mol. The molecule has 136 valence electrons. The summed E-state index contributed by atoms with van der Waals surface area (Å²) in [6.45, 7) is 0.419. The molecule has 0 fully saturated rings. The standard InChI is InChI=1S/C20H15FN2O2S2/c21-14-6-8-16(9-7-14)25-11-13-27-20-22-17-10-12-26-18(17)19(24)23(20)15-4-2-1-3-5-15/h1-10,12H,11,13H2. The van der Waals surface area contributed by atoms with E-state index in [4.69, 9.17) is 4.74 Å². The second-order valence-electron chi connectivity index (χ2n) is 5.66. The van der Waals surface area contributed by atoms with Crippen LogP contribution in [0.15, 0.2) is 76.0 Å². The predicted molar refractivity (Wildman–Crippen MR) is 108 cm³/mol. The molecule has 0 aliphatic rings. The molecule has 0 N–H and O–H groups in total. The van der Waals surface area contributed by atoms with E-state index >= 15 is 0 Å². The van der Waals surface area contributed by atoms with Crippen LogP contribution in [-0.2, 0) is 0 Å². The molecule has 0 saturated carbocycles. The number of halogens is 1. The zero-order chi connectivity index (χ0) is 18.6. The minimum Gasteiger partial charge on any atom is -0.493 e. The van der Waals surface area contributed by atoms with E-state index in [-0.39, 0.29) is 11.4 Å². The van der Waals surface area contributed by atoms with Gasteiger partial charge in [0, 0.05) is 5.75 Å². The summed E-state index contributed by atoms with van der Waals surface area (Å²) in [5.74, 6) is 0.919. The Morgan fingerprint density at radius 3 is 2.63 bits per heavy atom. The molecule has 0 bridgehead atoms. The molecule has 0 aliphatic carbocycles. The fourth-order valence-electron chi connectivity index (χ4n) is 2.62. The van der Waals surface area contributed by atoms with Gasteiger partial charge in [-0.3, -0.25) is 9.36 Å². The lowest BCUT2D eigenvalue weighted by Crippen LogP contribution is -2.21. The maximum Gasteiger partial charge on any atom is 0.276 e. The van der Waals surface area contributed by atoms with Crippen molar-refractivity contribution in [2.75, 3.05) is 12.4 Å². The molecule has 0 unspecified atom stereocenters. The number of thiophene rings is 1. The van der Waals surface area contributed by atoms with Crippen LogP contribution in [0, 0.1) is 5.82 Å². The molecular formula is C20H15FN2O2S2. The second-order valence-corrected chi connectivity index (χ2v) is 7.63. The maximum absolute atomic E-state index is 13.0. The molecule has 0 aliphatic heterocycles. The highest BCUT2D eigenvalue weighted by Crippen LogP contribution is 2.23. The normalized spacial score (nSPS) is 11.0. The minimum absolute atomic E-state index is 0.0665. The Morgan fingerprint density at radius 1 is 1.07 bits per heavy atom. The zero-order valence-corrected chi connectivity index (χ0v) is 15.8. The number of hydrogen-bond donors (Lipinski definition) is 0. The van der Waals surface area contributed by atoms with Crippen LogP contribution >= 0.6 is 23.1 Å². The van der Waals surface area contributed by atoms with Crippen molar-refractivity contribution < 1.29 is 9.13 Å². The molecule has 0 radical (unpaired) electrons. The fourth-order valence-corrected chi connectivity index (χ4v) is 4.21. The third kappa shape index (κ3) is 3.89. The van der Waals surface area contributed by atoms with Gasteiger partial charge >= 0.3 is 0 Å². The largest absolute Gasteiger partial charge is 0.493 e. The van der Waals surface area contributed by atoms with Gasteiger partial charge in [0.1, 0.15) is 16.3 Å². The van der Waals surface area contributed by atoms with Gasteiger partial charge < -0.3 is 4.74 Å². The summed E-state index contributed by atoms with van der Waals surface area (Å²) in [5.41, 5.74) is 1.43. The third-order valence-electron chi connectivity index (χ3n) is 3.86. The second kappa shape index (κ2) is 7.94. The van der Waals surface area contributed by atoms with Crippen LogP contribution in [0.2, 0.25) is 0 Å². The zero-order valence-electron chi connectivity index (χ0n) is 14.2. The predicted octanol–water partition coefficient (Wildman–Crippen LogP) is 4.76. The first-order chi connectivity index (χ1) is 13.2. The SMILES string of the molecule is O=c1c2sccc2nc(SCCOc2ccc(F)cc2)n1-c1ccccc1. The first-order valence-corrected chi connectivity index (χ1v) is 10.2. The van der Waals surface area contributed by atoms with E-state index in [0.717, 1.165) is 5.69 Å². The molecule has 0 amide bonds. The average molecular weight is 398 g/mol. The first-order valence-electron chi connectivity index (χ1n) is 8.29. The first kappa shape index (κ1) is 17.8. The number of thioether (sulfide) groups is 1. The summed E-state index contributed by atoms with van der Waals surface area (Å²) in [6.07, 6.45) is 0. The summed E-state index contributed by atoms with van der Waals surface area (Å²) in [7, 11) is 0. The Kier molecular flexibility index (Phi) is 5.22. The lowest BCUT2D eigenvalue weighted by molar-refractivity contribution is 0.343.